The van der Waals surface area contributed by atoms with E-state index in [0.29, 0.717) is 0 Å². The quantitative estimate of drug-likeness (QED) is 0.362. The van der Waals surface area contributed by atoms with E-state index in [1.165, 1.54) is 25.0 Å². The summed E-state index contributed by atoms with van der Waals surface area (Å²) >= 11 is 3.48. The van der Waals surface area contributed by atoms with Crippen LogP contribution in [0.2, 0.25) is 0 Å². The molecule has 140 valence electrons. The van der Waals surface area contributed by atoms with Gasteiger partial charge in [0.05, 0.1) is 14.2 Å². The number of benzene rings is 3. The van der Waals surface area contributed by atoms with E-state index in [0.717, 1.165) is 16.9 Å². The van der Waals surface area contributed by atoms with Gasteiger partial charge in [-0.05, 0) is 72.1 Å². The summed E-state index contributed by atoms with van der Waals surface area (Å²) in [6.45, 7) is 0. The zero-order valence-electron chi connectivity index (χ0n) is 15.6. The van der Waals surface area contributed by atoms with Crippen molar-refractivity contribution in [3.8, 4) is 11.5 Å². The first-order valence-corrected chi connectivity index (χ1v) is 10.4. The Morgan fingerprint density at radius 3 is 1.61 bits per heavy atom. The van der Waals surface area contributed by atoms with Crippen molar-refractivity contribution in [1.29, 1.82) is 0 Å². The minimum atomic E-state index is 0.863. The highest BCUT2D eigenvalue weighted by atomic mass is 32.2. The first kappa shape index (κ1) is 18.7. The molecule has 0 amide bonds. The standard InChI is InChI=1S/C23H19NO2S2/c1-25-16-3-7-18(8-4-16)27-22-11-12-23(21-15-24-14-13-20(21)22)28-19-9-5-17(26-2)6-10-19/h3-15H,1-2H3/i15+1. The molecule has 3 nitrogen and oxygen atoms in total. The van der Waals surface area contributed by atoms with Gasteiger partial charge >= 0.3 is 0 Å². The van der Waals surface area contributed by atoms with Crippen molar-refractivity contribution in [2.75, 3.05) is 14.2 Å². The highest BCUT2D eigenvalue weighted by Crippen LogP contribution is 2.40. The fourth-order valence-electron chi connectivity index (χ4n) is 2.86. The van der Waals surface area contributed by atoms with Crippen LogP contribution < -0.4 is 9.47 Å². The molecule has 4 rings (SSSR count). The maximum atomic E-state index is 5.25. The fourth-order valence-corrected chi connectivity index (χ4v) is 4.74. The van der Waals surface area contributed by atoms with Gasteiger partial charge in [-0.15, -0.1) is 0 Å². The molecule has 0 unspecified atom stereocenters. The minimum Gasteiger partial charge on any atom is -0.497 e. The van der Waals surface area contributed by atoms with Gasteiger partial charge in [-0.1, -0.05) is 23.5 Å². The van der Waals surface area contributed by atoms with E-state index in [1.807, 2.05) is 36.7 Å². The molecule has 1 heterocycles. The van der Waals surface area contributed by atoms with Gasteiger partial charge in [-0.25, -0.2) is 0 Å². The number of pyridine rings is 1. The third-order valence-corrected chi connectivity index (χ3v) is 6.48. The fraction of sp³-hybridized carbons (Fsp3) is 0.0870. The molecule has 3 aromatic carbocycles. The topological polar surface area (TPSA) is 31.4 Å². The molecular weight excluding hydrogens is 387 g/mol. The van der Waals surface area contributed by atoms with Crippen LogP contribution in [0.5, 0.6) is 11.5 Å². The normalized spacial score (nSPS) is 10.8. The van der Waals surface area contributed by atoms with Crippen LogP contribution in [0.15, 0.2) is 98.7 Å². The Bertz CT molecular complexity index is 992. The van der Waals surface area contributed by atoms with Crippen molar-refractivity contribution in [3.05, 3.63) is 79.1 Å². The number of fused-ring (bicyclic) bond motifs is 1. The lowest BCUT2D eigenvalue weighted by atomic mass is 10.2. The van der Waals surface area contributed by atoms with Crippen molar-refractivity contribution in [2.45, 2.75) is 19.6 Å². The Kier molecular flexibility index (Phi) is 5.74. The Morgan fingerprint density at radius 2 is 1.11 bits per heavy atom. The summed E-state index contributed by atoms with van der Waals surface area (Å²) in [6.07, 6.45) is 3.79. The van der Waals surface area contributed by atoms with Crippen LogP contribution in [0.4, 0.5) is 0 Å². The predicted octanol–water partition coefficient (Wildman–Crippen LogP) is 6.55. The second-order valence-electron chi connectivity index (χ2n) is 6.04. The second kappa shape index (κ2) is 8.59. The Labute approximate surface area is 173 Å². The van der Waals surface area contributed by atoms with Gasteiger partial charge in [0.2, 0.25) is 0 Å². The van der Waals surface area contributed by atoms with Gasteiger partial charge in [-0.2, -0.15) is 0 Å². The molecule has 4 aromatic rings. The number of ether oxygens (including phenoxy) is 2. The molecule has 5 heteroatoms. The number of nitrogens with zero attached hydrogens (tertiary/aromatic N) is 1. The summed E-state index contributed by atoms with van der Waals surface area (Å²) in [5.41, 5.74) is 0. The van der Waals surface area contributed by atoms with Crippen molar-refractivity contribution < 1.29 is 9.47 Å². The molecule has 0 spiro atoms. The van der Waals surface area contributed by atoms with Gasteiger partial charge in [-0.3, -0.25) is 4.98 Å². The first-order valence-electron chi connectivity index (χ1n) is 8.77. The molecule has 1 aromatic heterocycles. The van der Waals surface area contributed by atoms with Crippen molar-refractivity contribution in [1.82, 2.24) is 4.98 Å². The van der Waals surface area contributed by atoms with E-state index in [9.17, 15) is 0 Å². The van der Waals surface area contributed by atoms with E-state index in [2.05, 4.69) is 47.4 Å². The van der Waals surface area contributed by atoms with Crippen LogP contribution in [0, 0.1) is 0 Å². The van der Waals surface area contributed by atoms with E-state index < -0.39 is 0 Å². The molecule has 0 N–H and O–H groups in total. The van der Waals surface area contributed by atoms with Gasteiger partial charge in [0, 0.05) is 37.4 Å². The molecular formula is C23H19NO2S2. The third-order valence-electron chi connectivity index (χ3n) is 4.31. The number of methoxy groups -OCH3 is 2. The average Bonchev–Trinajstić information content (AvgIpc) is 2.76. The van der Waals surface area contributed by atoms with Crippen LogP contribution in [-0.4, -0.2) is 19.2 Å². The number of hydrogen-bond acceptors (Lipinski definition) is 5. The van der Waals surface area contributed by atoms with Crippen LogP contribution in [0.3, 0.4) is 0 Å². The zero-order chi connectivity index (χ0) is 19.3. The first-order chi connectivity index (χ1) is 13.8. The summed E-state index contributed by atoms with van der Waals surface area (Å²) in [6, 6.07) is 22.7. The molecule has 0 radical (unpaired) electrons. The van der Waals surface area contributed by atoms with Crippen molar-refractivity contribution >= 4 is 34.3 Å². The lowest BCUT2D eigenvalue weighted by Gasteiger charge is -2.11. The summed E-state index contributed by atoms with van der Waals surface area (Å²) in [7, 11) is 3.36. The van der Waals surface area contributed by atoms with Crippen LogP contribution in [0.25, 0.3) is 10.8 Å². The number of hydrogen-bond donors (Lipinski definition) is 0. The van der Waals surface area contributed by atoms with Gasteiger partial charge in [0.15, 0.2) is 0 Å². The van der Waals surface area contributed by atoms with E-state index in [4.69, 9.17) is 9.47 Å². The zero-order valence-corrected chi connectivity index (χ0v) is 17.2. The number of rotatable bonds is 6. The summed E-state index contributed by atoms with van der Waals surface area (Å²) in [5, 5.41) is 2.36. The molecule has 0 fully saturated rings. The molecule has 0 aliphatic rings. The van der Waals surface area contributed by atoms with Crippen LogP contribution in [-0.2, 0) is 0 Å². The third kappa shape index (κ3) is 4.11. The molecule has 0 atom stereocenters. The van der Waals surface area contributed by atoms with Gasteiger partial charge in [0.25, 0.3) is 0 Å². The summed E-state index contributed by atoms with van der Waals surface area (Å²) in [5.74, 6) is 1.73. The molecule has 0 saturated heterocycles. The van der Waals surface area contributed by atoms with Crippen molar-refractivity contribution in [3.63, 3.8) is 0 Å². The van der Waals surface area contributed by atoms with E-state index >= 15 is 0 Å². The SMILES string of the molecule is COc1ccc(Sc2ccc(Sc3ccc(OC)cc3)c3[13cH]nccc23)cc1. The van der Waals surface area contributed by atoms with E-state index in [1.54, 1.807) is 37.7 Å². The second-order valence-corrected chi connectivity index (χ2v) is 8.27. The lowest BCUT2D eigenvalue weighted by Crippen LogP contribution is -1.85. The molecule has 28 heavy (non-hydrogen) atoms. The molecule has 0 aliphatic heterocycles. The monoisotopic (exact) mass is 406 g/mol. The molecule has 0 aliphatic carbocycles. The van der Waals surface area contributed by atoms with Gasteiger partial charge < -0.3 is 9.47 Å². The Balaban J connectivity index is 1.65. The largest absolute Gasteiger partial charge is 0.497 e. The lowest BCUT2D eigenvalue weighted by molar-refractivity contribution is 0.414. The number of aromatic nitrogens is 1. The highest BCUT2D eigenvalue weighted by molar-refractivity contribution is 8.00. The maximum Gasteiger partial charge on any atom is 0.118 e. The predicted molar refractivity (Wildman–Crippen MR) is 116 cm³/mol. The van der Waals surface area contributed by atoms with Gasteiger partial charge in [0.1, 0.15) is 11.5 Å². The molecule has 0 saturated carbocycles. The average molecular weight is 407 g/mol. The summed E-state index contributed by atoms with van der Waals surface area (Å²) in [4.78, 5) is 9.09. The van der Waals surface area contributed by atoms with Crippen molar-refractivity contribution in [2.24, 2.45) is 0 Å². The molecule has 0 bridgehead atoms. The Hall–Kier alpha value is -2.63. The smallest absolute Gasteiger partial charge is 0.118 e. The summed E-state index contributed by atoms with van der Waals surface area (Å²) < 4.78 is 10.5. The highest BCUT2D eigenvalue weighted by Gasteiger charge is 2.09. The minimum absolute atomic E-state index is 0.863. The van der Waals surface area contributed by atoms with Crippen LogP contribution in [0.1, 0.15) is 0 Å². The van der Waals surface area contributed by atoms with E-state index in [-0.39, 0.29) is 0 Å². The van der Waals surface area contributed by atoms with Crippen LogP contribution >= 0.6 is 23.5 Å². The Morgan fingerprint density at radius 1 is 0.607 bits per heavy atom. The maximum absolute atomic E-state index is 5.25.